The minimum atomic E-state index is -3.10. The molecule has 0 spiro atoms. The molecule has 4 rings (SSSR count). The molecular formula is C23H22F5NO. The summed E-state index contributed by atoms with van der Waals surface area (Å²) in [5.74, 6) is -6.47. The summed E-state index contributed by atoms with van der Waals surface area (Å²) in [4.78, 5) is 13.8. The second kappa shape index (κ2) is 7.67. The molecule has 160 valence electrons. The van der Waals surface area contributed by atoms with Crippen molar-refractivity contribution in [2.45, 2.75) is 44.3 Å². The number of carbonyl (C=O) groups excluding carboxylic acids is 1. The molecule has 2 aliphatic rings. The van der Waals surface area contributed by atoms with Crippen LogP contribution in [0.25, 0.3) is 11.1 Å². The van der Waals surface area contributed by atoms with E-state index >= 15 is 4.39 Å². The van der Waals surface area contributed by atoms with Crippen LogP contribution in [0.2, 0.25) is 0 Å². The number of hydrogen-bond donors (Lipinski definition) is 0. The third kappa shape index (κ3) is 3.70. The highest BCUT2D eigenvalue weighted by Crippen LogP contribution is 2.42. The molecule has 0 unspecified atom stereocenters. The van der Waals surface area contributed by atoms with Gasteiger partial charge in [-0.1, -0.05) is 37.3 Å². The van der Waals surface area contributed by atoms with Gasteiger partial charge in [0.15, 0.2) is 0 Å². The molecule has 0 N–H and O–H groups in total. The zero-order valence-electron chi connectivity index (χ0n) is 16.4. The van der Waals surface area contributed by atoms with Crippen LogP contribution in [0.15, 0.2) is 42.5 Å². The van der Waals surface area contributed by atoms with Gasteiger partial charge in [-0.05, 0) is 42.5 Å². The topological polar surface area (TPSA) is 20.3 Å². The van der Waals surface area contributed by atoms with Crippen LogP contribution in [0, 0.1) is 23.5 Å². The summed E-state index contributed by atoms with van der Waals surface area (Å²) in [6.45, 7) is 0.612. The number of benzene rings is 2. The Morgan fingerprint density at radius 1 is 1.13 bits per heavy atom. The maximum atomic E-state index is 15.2. The summed E-state index contributed by atoms with van der Waals surface area (Å²) < 4.78 is 70.8. The SMILES string of the molecule is C[C@@H]1[C@H](Cc2cccc(-c3cccc(F)c3)c2F)N(C(=O)C2CC(F)C2)CC1(F)F. The molecule has 0 bridgehead atoms. The number of amides is 1. The Kier molecular flexibility index (Phi) is 5.32. The Hall–Kier alpha value is -2.44. The smallest absolute Gasteiger partial charge is 0.269 e. The minimum absolute atomic E-state index is 0.0470. The second-order valence-corrected chi connectivity index (χ2v) is 8.34. The summed E-state index contributed by atoms with van der Waals surface area (Å²) in [6.07, 6.45) is -1.07. The van der Waals surface area contributed by atoms with E-state index < -0.39 is 54.1 Å². The highest BCUT2D eigenvalue weighted by Gasteiger charge is 2.55. The Morgan fingerprint density at radius 2 is 1.83 bits per heavy atom. The third-order valence-electron chi connectivity index (χ3n) is 6.38. The van der Waals surface area contributed by atoms with Crippen molar-refractivity contribution in [2.24, 2.45) is 11.8 Å². The highest BCUT2D eigenvalue weighted by atomic mass is 19.3. The fourth-order valence-electron chi connectivity index (χ4n) is 4.39. The van der Waals surface area contributed by atoms with Crippen LogP contribution in [0.4, 0.5) is 22.0 Å². The Labute approximate surface area is 171 Å². The fourth-order valence-corrected chi connectivity index (χ4v) is 4.39. The molecule has 2 nitrogen and oxygen atoms in total. The number of nitrogens with zero attached hydrogens (tertiary/aromatic N) is 1. The lowest BCUT2D eigenvalue weighted by molar-refractivity contribution is -0.142. The van der Waals surface area contributed by atoms with Gasteiger partial charge in [0.25, 0.3) is 5.92 Å². The number of carbonyl (C=O) groups is 1. The average Bonchev–Trinajstić information content (AvgIpc) is 2.90. The highest BCUT2D eigenvalue weighted by molar-refractivity contribution is 5.80. The predicted octanol–water partition coefficient (Wildman–Crippen LogP) is 5.40. The van der Waals surface area contributed by atoms with E-state index in [1.807, 2.05) is 0 Å². The van der Waals surface area contributed by atoms with Crippen LogP contribution < -0.4 is 0 Å². The number of hydrogen-bond acceptors (Lipinski definition) is 1. The van der Waals surface area contributed by atoms with Crippen LogP contribution in [0.3, 0.4) is 0 Å². The summed E-state index contributed by atoms with van der Waals surface area (Å²) in [5.41, 5.74) is 0.693. The van der Waals surface area contributed by atoms with E-state index in [1.54, 1.807) is 12.1 Å². The van der Waals surface area contributed by atoms with Crippen molar-refractivity contribution in [1.29, 1.82) is 0 Å². The van der Waals surface area contributed by atoms with Crippen molar-refractivity contribution < 1.29 is 26.7 Å². The maximum Gasteiger partial charge on any atom is 0.269 e. The molecule has 2 aromatic rings. The van der Waals surface area contributed by atoms with Gasteiger partial charge in [0.05, 0.1) is 6.54 Å². The summed E-state index contributed by atoms with van der Waals surface area (Å²) in [6, 6.07) is 9.16. The standard InChI is InChI=1S/C23H22F5NO/c1-13-20(29(12-23(13,27)28)22(30)16-9-18(25)10-16)11-15-5-3-7-19(21(15)26)14-4-2-6-17(24)8-14/h2-8,13,16,18,20H,9-12H2,1H3/t13-,16?,18?,20+/m1/s1. The molecule has 0 aromatic heterocycles. The first-order chi connectivity index (χ1) is 14.2. The quantitative estimate of drug-likeness (QED) is 0.603. The third-order valence-corrected chi connectivity index (χ3v) is 6.38. The van der Waals surface area contributed by atoms with Gasteiger partial charge in [-0.15, -0.1) is 0 Å². The molecule has 2 atom stereocenters. The van der Waals surface area contributed by atoms with Crippen molar-refractivity contribution in [3.05, 3.63) is 59.7 Å². The fraction of sp³-hybridized carbons (Fsp3) is 0.435. The Balaban J connectivity index is 1.63. The molecule has 1 amide bonds. The largest absolute Gasteiger partial charge is 0.333 e. The summed E-state index contributed by atoms with van der Waals surface area (Å²) in [7, 11) is 0. The van der Waals surface area contributed by atoms with Crippen molar-refractivity contribution in [2.75, 3.05) is 6.54 Å². The average molecular weight is 423 g/mol. The van der Waals surface area contributed by atoms with E-state index in [0.717, 1.165) is 4.90 Å². The van der Waals surface area contributed by atoms with Crippen LogP contribution in [0.1, 0.15) is 25.3 Å². The monoisotopic (exact) mass is 423 g/mol. The molecule has 1 heterocycles. The first-order valence-corrected chi connectivity index (χ1v) is 10.0. The zero-order chi connectivity index (χ0) is 21.6. The normalized spacial score (nSPS) is 27.7. The lowest BCUT2D eigenvalue weighted by Crippen LogP contribution is -2.46. The number of halogens is 5. The molecule has 2 fully saturated rings. The molecular weight excluding hydrogens is 401 g/mol. The number of alkyl halides is 3. The van der Waals surface area contributed by atoms with Crippen LogP contribution >= 0.6 is 0 Å². The van der Waals surface area contributed by atoms with Gasteiger partial charge in [-0.3, -0.25) is 4.79 Å². The first kappa shape index (κ1) is 20.8. The van der Waals surface area contributed by atoms with Crippen molar-refractivity contribution in [3.63, 3.8) is 0 Å². The zero-order valence-corrected chi connectivity index (χ0v) is 16.4. The molecule has 0 radical (unpaired) electrons. The van der Waals surface area contributed by atoms with Crippen molar-refractivity contribution in [1.82, 2.24) is 4.90 Å². The van der Waals surface area contributed by atoms with Gasteiger partial charge in [-0.25, -0.2) is 22.0 Å². The molecule has 1 saturated heterocycles. The molecule has 30 heavy (non-hydrogen) atoms. The lowest BCUT2D eigenvalue weighted by atomic mass is 9.82. The van der Waals surface area contributed by atoms with E-state index in [0.29, 0.717) is 5.56 Å². The maximum absolute atomic E-state index is 15.2. The van der Waals surface area contributed by atoms with E-state index in [4.69, 9.17) is 0 Å². The minimum Gasteiger partial charge on any atom is -0.333 e. The second-order valence-electron chi connectivity index (χ2n) is 8.34. The van der Waals surface area contributed by atoms with E-state index in [1.165, 1.54) is 37.3 Å². The number of likely N-dealkylation sites (tertiary alicyclic amines) is 1. The van der Waals surface area contributed by atoms with Gasteiger partial charge < -0.3 is 4.90 Å². The molecule has 7 heteroatoms. The van der Waals surface area contributed by atoms with Crippen molar-refractivity contribution in [3.8, 4) is 11.1 Å². The molecule has 1 aliphatic carbocycles. The Bertz CT molecular complexity index is 956. The molecule has 1 saturated carbocycles. The van der Waals surface area contributed by atoms with Gasteiger partial charge in [0.1, 0.15) is 17.8 Å². The molecule has 1 aliphatic heterocycles. The van der Waals surface area contributed by atoms with Crippen LogP contribution in [0.5, 0.6) is 0 Å². The summed E-state index contributed by atoms with van der Waals surface area (Å²) in [5, 5.41) is 0. The van der Waals surface area contributed by atoms with Gasteiger partial charge in [0.2, 0.25) is 5.91 Å². The first-order valence-electron chi connectivity index (χ1n) is 10.0. The van der Waals surface area contributed by atoms with E-state index in [2.05, 4.69) is 0 Å². The van der Waals surface area contributed by atoms with Crippen LogP contribution in [-0.2, 0) is 11.2 Å². The Morgan fingerprint density at radius 3 is 2.50 bits per heavy atom. The molecule has 2 aromatic carbocycles. The van der Waals surface area contributed by atoms with Crippen molar-refractivity contribution >= 4 is 5.91 Å². The van der Waals surface area contributed by atoms with Crippen LogP contribution in [-0.4, -0.2) is 35.5 Å². The van der Waals surface area contributed by atoms with E-state index in [-0.39, 0.29) is 30.4 Å². The summed E-state index contributed by atoms with van der Waals surface area (Å²) >= 11 is 0. The number of rotatable bonds is 4. The van der Waals surface area contributed by atoms with Gasteiger partial charge in [-0.2, -0.15) is 0 Å². The van der Waals surface area contributed by atoms with E-state index in [9.17, 15) is 22.4 Å². The predicted molar refractivity (Wildman–Crippen MR) is 103 cm³/mol. The lowest BCUT2D eigenvalue weighted by Gasteiger charge is -2.35. The van der Waals surface area contributed by atoms with Gasteiger partial charge >= 0.3 is 0 Å². The van der Waals surface area contributed by atoms with Gasteiger partial charge in [0, 0.05) is 23.4 Å².